The standard InChI is InChI=1S/C22H27N3.ClH/c1-2-7-21-17(4-1)9-15-25(21)20-10-13-24(14-11-20)16-19-6-3-5-18-8-12-23-22(18)19;/h1-7,20,23H,8-16H2;1H. The van der Waals surface area contributed by atoms with Gasteiger partial charge in [-0.05, 0) is 48.4 Å². The quantitative estimate of drug-likeness (QED) is 0.878. The lowest BCUT2D eigenvalue weighted by atomic mass is 10.0. The summed E-state index contributed by atoms with van der Waals surface area (Å²) < 4.78 is 0. The molecule has 2 aromatic carbocycles. The summed E-state index contributed by atoms with van der Waals surface area (Å²) in [6.45, 7) is 5.84. The van der Waals surface area contributed by atoms with E-state index in [0.717, 1.165) is 19.1 Å². The van der Waals surface area contributed by atoms with Gasteiger partial charge in [-0.2, -0.15) is 0 Å². The molecule has 138 valence electrons. The molecule has 1 saturated heterocycles. The number of para-hydroxylation sites is 2. The van der Waals surface area contributed by atoms with Crippen LogP contribution in [0.15, 0.2) is 42.5 Å². The molecule has 3 heterocycles. The smallest absolute Gasteiger partial charge is 0.0419 e. The molecule has 0 radical (unpaired) electrons. The summed E-state index contributed by atoms with van der Waals surface area (Å²) >= 11 is 0. The van der Waals surface area contributed by atoms with Crippen molar-refractivity contribution in [3.8, 4) is 0 Å². The van der Waals surface area contributed by atoms with Crippen molar-refractivity contribution in [2.24, 2.45) is 0 Å². The predicted octanol–water partition coefficient (Wildman–Crippen LogP) is 4.10. The van der Waals surface area contributed by atoms with E-state index in [-0.39, 0.29) is 12.4 Å². The molecule has 0 aromatic heterocycles. The van der Waals surface area contributed by atoms with Crippen LogP contribution in [-0.4, -0.2) is 37.1 Å². The second-order valence-electron chi connectivity index (χ2n) is 7.71. The van der Waals surface area contributed by atoms with Crippen LogP contribution in [0.25, 0.3) is 0 Å². The third-order valence-electron chi connectivity index (χ3n) is 6.25. The molecule has 0 amide bonds. The number of anilines is 2. The van der Waals surface area contributed by atoms with E-state index in [4.69, 9.17) is 0 Å². The Morgan fingerprint density at radius 3 is 2.58 bits per heavy atom. The van der Waals surface area contributed by atoms with Crippen LogP contribution in [0.5, 0.6) is 0 Å². The molecule has 1 N–H and O–H groups in total. The number of rotatable bonds is 3. The summed E-state index contributed by atoms with van der Waals surface area (Å²) in [6.07, 6.45) is 4.98. The fourth-order valence-electron chi connectivity index (χ4n) is 4.92. The molecule has 0 saturated carbocycles. The number of nitrogens with zero attached hydrogens (tertiary/aromatic N) is 2. The highest BCUT2D eigenvalue weighted by Crippen LogP contribution is 2.33. The van der Waals surface area contributed by atoms with E-state index >= 15 is 0 Å². The van der Waals surface area contributed by atoms with E-state index < -0.39 is 0 Å². The second kappa shape index (κ2) is 7.50. The van der Waals surface area contributed by atoms with Gasteiger partial charge in [-0.1, -0.05) is 36.4 Å². The van der Waals surface area contributed by atoms with Crippen LogP contribution in [0, 0.1) is 0 Å². The number of hydrogen-bond acceptors (Lipinski definition) is 3. The molecule has 0 spiro atoms. The van der Waals surface area contributed by atoms with Gasteiger partial charge in [0.2, 0.25) is 0 Å². The highest BCUT2D eigenvalue weighted by atomic mass is 35.5. The molecule has 0 atom stereocenters. The van der Waals surface area contributed by atoms with Crippen LogP contribution in [0.3, 0.4) is 0 Å². The van der Waals surface area contributed by atoms with Crippen molar-refractivity contribution >= 4 is 23.8 Å². The van der Waals surface area contributed by atoms with Crippen LogP contribution >= 0.6 is 12.4 Å². The van der Waals surface area contributed by atoms with Crippen molar-refractivity contribution in [2.75, 3.05) is 36.4 Å². The van der Waals surface area contributed by atoms with E-state index in [1.807, 2.05) is 0 Å². The van der Waals surface area contributed by atoms with Gasteiger partial charge in [-0.3, -0.25) is 4.90 Å². The van der Waals surface area contributed by atoms with Crippen molar-refractivity contribution in [1.29, 1.82) is 0 Å². The first-order chi connectivity index (χ1) is 12.4. The topological polar surface area (TPSA) is 18.5 Å². The first-order valence-electron chi connectivity index (χ1n) is 9.80. The number of likely N-dealkylation sites (tertiary alicyclic amines) is 1. The maximum atomic E-state index is 3.59. The second-order valence-corrected chi connectivity index (χ2v) is 7.71. The van der Waals surface area contributed by atoms with Crippen LogP contribution in [-0.2, 0) is 19.4 Å². The first-order valence-corrected chi connectivity index (χ1v) is 9.80. The van der Waals surface area contributed by atoms with Gasteiger partial charge in [-0.15, -0.1) is 12.4 Å². The highest BCUT2D eigenvalue weighted by molar-refractivity contribution is 5.85. The summed E-state index contributed by atoms with van der Waals surface area (Å²) in [5, 5.41) is 3.59. The van der Waals surface area contributed by atoms with Crippen molar-refractivity contribution in [3.63, 3.8) is 0 Å². The summed E-state index contributed by atoms with van der Waals surface area (Å²) in [5.74, 6) is 0. The molecule has 3 nitrogen and oxygen atoms in total. The molecule has 0 unspecified atom stereocenters. The van der Waals surface area contributed by atoms with Gasteiger partial charge in [0.25, 0.3) is 0 Å². The van der Waals surface area contributed by atoms with Gasteiger partial charge < -0.3 is 10.2 Å². The summed E-state index contributed by atoms with van der Waals surface area (Å²) in [4.78, 5) is 5.32. The number of nitrogens with one attached hydrogen (secondary N) is 1. The average molecular weight is 370 g/mol. The van der Waals surface area contributed by atoms with Gasteiger partial charge in [0.1, 0.15) is 0 Å². The molecule has 5 rings (SSSR count). The fourth-order valence-corrected chi connectivity index (χ4v) is 4.92. The Balaban J connectivity index is 0.00000168. The van der Waals surface area contributed by atoms with Crippen molar-refractivity contribution in [2.45, 2.75) is 38.3 Å². The van der Waals surface area contributed by atoms with E-state index in [1.165, 1.54) is 73.4 Å². The summed E-state index contributed by atoms with van der Waals surface area (Å²) in [6, 6.07) is 16.5. The lowest BCUT2D eigenvalue weighted by Crippen LogP contribution is -2.44. The zero-order valence-corrected chi connectivity index (χ0v) is 16.1. The lowest BCUT2D eigenvalue weighted by Gasteiger charge is -2.38. The zero-order valence-electron chi connectivity index (χ0n) is 15.3. The van der Waals surface area contributed by atoms with E-state index in [0.29, 0.717) is 0 Å². The Bertz CT molecular complexity index is 768. The fraction of sp³-hybridized carbons (Fsp3) is 0.455. The van der Waals surface area contributed by atoms with Crippen molar-refractivity contribution in [1.82, 2.24) is 4.90 Å². The number of hydrogen-bond donors (Lipinski definition) is 1. The van der Waals surface area contributed by atoms with Gasteiger partial charge in [0.15, 0.2) is 0 Å². The Hall–Kier alpha value is -1.71. The normalized spacial score (nSPS) is 19.6. The molecule has 0 bridgehead atoms. The lowest BCUT2D eigenvalue weighted by molar-refractivity contribution is 0.202. The Kier molecular flexibility index (Phi) is 5.10. The van der Waals surface area contributed by atoms with Crippen LogP contribution in [0.2, 0.25) is 0 Å². The molecule has 1 fully saturated rings. The maximum Gasteiger partial charge on any atom is 0.0419 e. The maximum absolute atomic E-state index is 3.59. The Labute approximate surface area is 162 Å². The first kappa shape index (κ1) is 17.7. The molecular formula is C22H28ClN3. The van der Waals surface area contributed by atoms with Crippen molar-refractivity contribution in [3.05, 3.63) is 59.2 Å². The van der Waals surface area contributed by atoms with E-state index in [9.17, 15) is 0 Å². The Morgan fingerprint density at radius 1 is 0.885 bits per heavy atom. The number of benzene rings is 2. The molecule has 4 heteroatoms. The monoisotopic (exact) mass is 369 g/mol. The highest BCUT2D eigenvalue weighted by Gasteiger charge is 2.29. The minimum absolute atomic E-state index is 0. The SMILES string of the molecule is Cl.c1ccc2c(c1)CCN2C1CCN(Cc2cccc3c2NCC3)CC1. The minimum atomic E-state index is 0. The number of fused-ring (bicyclic) bond motifs is 2. The third-order valence-corrected chi connectivity index (χ3v) is 6.25. The van der Waals surface area contributed by atoms with Crippen LogP contribution in [0.4, 0.5) is 11.4 Å². The van der Waals surface area contributed by atoms with E-state index in [1.54, 1.807) is 0 Å². The van der Waals surface area contributed by atoms with Gasteiger partial charge in [0, 0.05) is 50.1 Å². The van der Waals surface area contributed by atoms with Gasteiger partial charge >= 0.3 is 0 Å². The Morgan fingerprint density at radius 2 is 1.69 bits per heavy atom. The molecule has 3 aliphatic rings. The van der Waals surface area contributed by atoms with Gasteiger partial charge in [0.05, 0.1) is 0 Å². The molecule has 3 aliphatic heterocycles. The zero-order chi connectivity index (χ0) is 16.6. The minimum Gasteiger partial charge on any atom is -0.384 e. The van der Waals surface area contributed by atoms with Crippen LogP contribution < -0.4 is 10.2 Å². The molecule has 0 aliphatic carbocycles. The molecule has 26 heavy (non-hydrogen) atoms. The number of piperidine rings is 1. The predicted molar refractivity (Wildman–Crippen MR) is 112 cm³/mol. The van der Waals surface area contributed by atoms with E-state index in [2.05, 4.69) is 57.6 Å². The van der Waals surface area contributed by atoms with Crippen LogP contribution in [0.1, 0.15) is 29.5 Å². The molecule has 2 aromatic rings. The third kappa shape index (κ3) is 3.19. The average Bonchev–Trinajstić information content (AvgIpc) is 3.30. The number of halogens is 1. The summed E-state index contributed by atoms with van der Waals surface area (Å²) in [7, 11) is 0. The summed E-state index contributed by atoms with van der Waals surface area (Å²) in [5.41, 5.74) is 7.43. The van der Waals surface area contributed by atoms with Gasteiger partial charge in [-0.25, -0.2) is 0 Å². The van der Waals surface area contributed by atoms with Crippen molar-refractivity contribution < 1.29 is 0 Å². The largest absolute Gasteiger partial charge is 0.384 e. The molecular weight excluding hydrogens is 342 g/mol.